The number of rotatable bonds is 5. The standard InChI is InChI=1S/C11H18ClN3O/c1-7(12)5-8(2)15-10-9(3)11(16-4)14-6-13-10/h6-8H,5H2,1-4H3,(H,13,14,15). The molecular weight excluding hydrogens is 226 g/mol. The Bertz CT molecular complexity index is 344. The van der Waals surface area contributed by atoms with Gasteiger partial charge in [-0.15, -0.1) is 11.6 Å². The Balaban J connectivity index is 2.73. The molecule has 0 saturated heterocycles. The van der Waals surface area contributed by atoms with Crippen molar-refractivity contribution in [2.45, 2.75) is 38.6 Å². The van der Waals surface area contributed by atoms with Gasteiger partial charge in [0.1, 0.15) is 12.1 Å². The fourth-order valence-electron chi connectivity index (χ4n) is 1.56. The van der Waals surface area contributed by atoms with Crippen LogP contribution in [0.5, 0.6) is 5.88 Å². The van der Waals surface area contributed by atoms with E-state index in [1.54, 1.807) is 7.11 Å². The quantitative estimate of drug-likeness (QED) is 0.808. The van der Waals surface area contributed by atoms with E-state index in [9.17, 15) is 0 Å². The minimum Gasteiger partial charge on any atom is -0.481 e. The van der Waals surface area contributed by atoms with Crippen molar-refractivity contribution < 1.29 is 4.74 Å². The van der Waals surface area contributed by atoms with E-state index in [2.05, 4.69) is 22.2 Å². The van der Waals surface area contributed by atoms with E-state index in [4.69, 9.17) is 16.3 Å². The minimum atomic E-state index is 0.145. The fourth-order valence-corrected chi connectivity index (χ4v) is 1.83. The molecule has 5 heteroatoms. The molecule has 90 valence electrons. The second kappa shape index (κ2) is 5.89. The smallest absolute Gasteiger partial charge is 0.221 e. The van der Waals surface area contributed by atoms with Gasteiger partial charge >= 0.3 is 0 Å². The number of nitrogens with zero attached hydrogens (tertiary/aromatic N) is 2. The molecule has 1 N–H and O–H groups in total. The molecule has 1 aromatic heterocycles. The Hall–Kier alpha value is -1.03. The molecule has 0 saturated carbocycles. The van der Waals surface area contributed by atoms with Crippen molar-refractivity contribution in [2.24, 2.45) is 0 Å². The first-order valence-corrected chi connectivity index (χ1v) is 5.74. The molecule has 1 heterocycles. The molecule has 0 aliphatic carbocycles. The molecule has 1 rings (SSSR count). The van der Waals surface area contributed by atoms with E-state index in [-0.39, 0.29) is 11.4 Å². The van der Waals surface area contributed by atoms with Crippen LogP contribution in [0.15, 0.2) is 6.33 Å². The van der Waals surface area contributed by atoms with Crippen LogP contribution in [0.3, 0.4) is 0 Å². The minimum absolute atomic E-state index is 0.145. The molecule has 0 aliphatic heterocycles. The number of hydrogen-bond acceptors (Lipinski definition) is 4. The Morgan fingerprint density at radius 3 is 2.69 bits per heavy atom. The van der Waals surface area contributed by atoms with E-state index in [1.807, 2.05) is 13.8 Å². The van der Waals surface area contributed by atoms with E-state index >= 15 is 0 Å². The topological polar surface area (TPSA) is 47.0 Å². The molecule has 0 radical (unpaired) electrons. The van der Waals surface area contributed by atoms with Crippen LogP contribution in [0.1, 0.15) is 25.8 Å². The molecule has 16 heavy (non-hydrogen) atoms. The zero-order valence-corrected chi connectivity index (χ0v) is 10.9. The summed E-state index contributed by atoms with van der Waals surface area (Å²) < 4.78 is 5.13. The normalized spacial score (nSPS) is 14.3. The molecule has 1 aromatic rings. The van der Waals surface area contributed by atoms with Gasteiger partial charge < -0.3 is 10.1 Å². The molecule has 0 aromatic carbocycles. The summed E-state index contributed by atoms with van der Waals surface area (Å²) >= 11 is 5.94. The van der Waals surface area contributed by atoms with Crippen LogP contribution in [-0.2, 0) is 0 Å². The molecule has 2 atom stereocenters. The predicted molar refractivity (Wildman–Crippen MR) is 66.3 cm³/mol. The van der Waals surface area contributed by atoms with Crippen LogP contribution in [0.4, 0.5) is 5.82 Å². The summed E-state index contributed by atoms with van der Waals surface area (Å²) in [6.45, 7) is 5.98. The van der Waals surface area contributed by atoms with Gasteiger partial charge in [0.15, 0.2) is 0 Å². The lowest BCUT2D eigenvalue weighted by Crippen LogP contribution is -2.20. The van der Waals surface area contributed by atoms with Gasteiger partial charge in [-0.1, -0.05) is 0 Å². The van der Waals surface area contributed by atoms with Crippen molar-refractivity contribution in [3.8, 4) is 5.88 Å². The third-order valence-corrected chi connectivity index (χ3v) is 2.47. The SMILES string of the molecule is COc1ncnc(NC(C)CC(C)Cl)c1C. The summed E-state index contributed by atoms with van der Waals surface area (Å²) in [5.41, 5.74) is 0.916. The zero-order valence-electron chi connectivity index (χ0n) is 10.1. The van der Waals surface area contributed by atoms with Crippen molar-refractivity contribution >= 4 is 17.4 Å². The molecule has 4 nitrogen and oxygen atoms in total. The lowest BCUT2D eigenvalue weighted by molar-refractivity contribution is 0.393. The Kier molecular flexibility index (Phi) is 4.80. The van der Waals surface area contributed by atoms with Crippen molar-refractivity contribution in [1.82, 2.24) is 9.97 Å². The largest absolute Gasteiger partial charge is 0.481 e. The Morgan fingerprint density at radius 1 is 1.44 bits per heavy atom. The predicted octanol–water partition coefficient (Wildman–Crippen LogP) is 2.61. The molecule has 2 unspecified atom stereocenters. The van der Waals surface area contributed by atoms with Crippen molar-refractivity contribution in [1.29, 1.82) is 0 Å². The maximum atomic E-state index is 5.94. The molecule has 0 aliphatic rings. The van der Waals surface area contributed by atoms with Crippen LogP contribution in [0, 0.1) is 6.92 Å². The summed E-state index contributed by atoms with van der Waals surface area (Å²) in [5.74, 6) is 1.40. The van der Waals surface area contributed by atoms with Crippen molar-refractivity contribution in [3.05, 3.63) is 11.9 Å². The zero-order chi connectivity index (χ0) is 12.1. The van der Waals surface area contributed by atoms with E-state index < -0.39 is 0 Å². The highest BCUT2D eigenvalue weighted by Gasteiger charge is 2.11. The number of alkyl halides is 1. The van der Waals surface area contributed by atoms with Crippen LogP contribution in [-0.4, -0.2) is 28.5 Å². The van der Waals surface area contributed by atoms with Gasteiger partial charge in [0.2, 0.25) is 5.88 Å². The summed E-state index contributed by atoms with van der Waals surface area (Å²) in [6.07, 6.45) is 2.37. The maximum Gasteiger partial charge on any atom is 0.221 e. The summed E-state index contributed by atoms with van der Waals surface area (Å²) in [4.78, 5) is 8.22. The third-order valence-electron chi connectivity index (χ3n) is 2.29. The number of methoxy groups -OCH3 is 1. The Labute approximate surface area is 101 Å². The molecular formula is C11H18ClN3O. The number of aromatic nitrogens is 2. The molecule has 0 bridgehead atoms. The summed E-state index contributed by atoms with van der Waals surface area (Å²) in [6, 6.07) is 0.269. The van der Waals surface area contributed by atoms with Gasteiger partial charge in [-0.2, -0.15) is 0 Å². The van der Waals surface area contributed by atoms with Gasteiger partial charge in [-0.05, 0) is 27.2 Å². The second-order valence-electron chi connectivity index (χ2n) is 3.92. The van der Waals surface area contributed by atoms with Gasteiger partial charge in [-0.25, -0.2) is 9.97 Å². The first-order valence-electron chi connectivity index (χ1n) is 5.30. The number of anilines is 1. The molecule has 0 fully saturated rings. The number of nitrogens with one attached hydrogen (secondary N) is 1. The average Bonchev–Trinajstić information content (AvgIpc) is 2.20. The van der Waals surface area contributed by atoms with Gasteiger partial charge in [0, 0.05) is 11.4 Å². The Morgan fingerprint density at radius 2 is 2.12 bits per heavy atom. The number of hydrogen-bond donors (Lipinski definition) is 1. The summed E-state index contributed by atoms with van der Waals surface area (Å²) in [5, 5.41) is 3.45. The second-order valence-corrected chi connectivity index (χ2v) is 4.66. The van der Waals surface area contributed by atoms with Crippen molar-refractivity contribution in [3.63, 3.8) is 0 Å². The van der Waals surface area contributed by atoms with Crippen LogP contribution < -0.4 is 10.1 Å². The van der Waals surface area contributed by atoms with E-state index in [0.29, 0.717) is 5.88 Å². The highest BCUT2D eigenvalue weighted by molar-refractivity contribution is 6.20. The van der Waals surface area contributed by atoms with Gasteiger partial charge in [-0.3, -0.25) is 0 Å². The third kappa shape index (κ3) is 3.52. The molecule has 0 spiro atoms. The van der Waals surface area contributed by atoms with Crippen molar-refractivity contribution in [2.75, 3.05) is 12.4 Å². The maximum absolute atomic E-state index is 5.94. The van der Waals surface area contributed by atoms with Crippen LogP contribution in [0.25, 0.3) is 0 Å². The van der Waals surface area contributed by atoms with Crippen LogP contribution >= 0.6 is 11.6 Å². The number of ether oxygens (including phenoxy) is 1. The average molecular weight is 244 g/mol. The number of halogens is 1. The van der Waals surface area contributed by atoms with E-state index in [0.717, 1.165) is 17.8 Å². The highest BCUT2D eigenvalue weighted by Crippen LogP contribution is 2.21. The summed E-state index contributed by atoms with van der Waals surface area (Å²) in [7, 11) is 1.60. The van der Waals surface area contributed by atoms with Crippen LogP contribution in [0.2, 0.25) is 0 Å². The lowest BCUT2D eigenvalue weighted by atomic mass is 10.2. The monoisotopic (exact) mass is 243 g/mol. The van der Waals surface area contributed by atoms with E-state index in [1.165, 1.54) is 6.33 Å². The van der Waals surface area contributed by atoms with Gasteiger partial charge in [0.05, 0.1) is 12.7 Å². The molecule has 0 amide bonds. The first-order chi connectivity index (χ1) is 7.54. The van der Waals surface area contributed by atoms with Gasteiger partial charge in [0.25, 0.3) is 0 Å². The fraction of sp³-hybridized carbons (Fsp3) is 0.636. The highest BCUT2D eigenvalue weighted by atomic mass is 35.5. The lowest BCUT2D eigenvalue weighted by Gasteiger charge is -2.17. The first kappa shape index (κ1) is 13.0.